The summed E-state index contributed by atoms with van der Waals surface area (Å²) in [7, 11) is -3.31. The van der Waals surface area contributed by atoms with Gasteiger partial charge in [-0.3, -0.25) is 0 Å². The molecule has 188 valence electrons. The van der Waals surface area contributed by atoms with Gasteiger partial charge in [0.1, 0.15) is 11.9 Å². The molecule has 3 aromatic carbocycles. The SMILES string of the molecule is Cc1c(-c2cc(C(=O)O)c3c(O[C@@H](C)c4ccc(S(C)(=O)=O)cc4)ccc(C)c3n2)sc2ccccc12. The molecule has 0 radical (unpaired) electrons. The molecule has 0 saturated carbocycles. The summed E-state index contributed by atoms with van der Waals surface area (Å²) in [5, 5.41) is 11.8. The second kappa shape index (κ2) is 9.28. The van der Waals surface area contributed by atoms with E-state index in [2.05, 4.69) is 12.1 Å². The number of hydrogen-bond donors (Lipinski definition) is 1. The van der Waals surface area contributed by atoms with Crippen LogP contribution in [0.1, 0.15) is 40.1 Å². The zero-order chi connectivity index (χ0) is 26.5. The number of carbonyl (C=O) groups is 1. The zero-order valence-corrected chi connectivity index (χ0v) is 22.4. The number of fused-ring (bicyclic) bond motifs is 2. The summed E-state index contributed by atoms with van der Waals surface area (Å²) in [5.74, 6) is -0.655. The topological polar surface area (TPSA) is 93.6 Å². The van der Waals surface area contributed by atoms with Gasteiger partial charge in [0, 0.05) is 11.0 Å². The van der Waals surface area contributed by atoms with Gasteiger partial charge in [-0.1, -0.05) is 36.4 Å². The molecule has 1 atom stereocenters. The van der Waals surface area contributed by atoms with Crippen LogP contribution in [0.3, 0.4) is 0 Å². The van der Waals surface area contributed by atoms with E-state index in [0.29, 0.717) is 22.3 Å². The number of thiophene rings is 1. The van der Waals surface area contributed by atoms with Crippen LogP contribution in [0, 0.1) is 13.8 Å². The first kappa shape index (κ1) is 24.9. The van der Waals surface area contributed by atoms with Crippen LogP contribution in [0.5, 0.6) is 5.75 Å². The normalized spacial score (nSPS) is 12.6. The third kappa shape index (κ3) is 4.58. The predicted octanol–water partition coefficient (Wildman–Crippen LogP) is 6.98. The molecule has 1 N–H and O–H groups in total. The fourth-order valence-corrected chi connectivity index (χ4v) is 6.29. The Morgan fingerprint density at radius 1 is 1.03 bits per heavy atom. The minimum absolute atomic E-state index is 0.121. The van der Waals surface area contributed by atoms with Crippen LogP contribution in [0.2, 0.25) is 0 Å². The van der Waals surface area contributed by atoms with Crippen molar-refractivity contribution in [3.05, 3.63) is 89.0 Å². The predicted molar refractivity (Wildman–Crippen MR) is 148 cm³/mol. The second-order valence-electron chi connectivity index (χ2n) is 9.12. The molecule has 0 unspecified atom stereocenters. The van der Waals surface area contributed by atoms with Crippen molar-refractivity contribution in [2.75, 3.05) is 6.26 Å². The number of rotatable bonds is 6. The highest BCUT2D eigenvalue weighted by Gasteiger charge is 2.22. The summed E-state index contributed by atoms with van der Waals surface area (Å²) in [6.07, 6.45) is 0.709. The fourth-order valence-electron chi connectivity index (χ4n) is 4.49. The van der Waals surface area contributed by atoms with Crippen molar-refractivity contribution >= 4 is 48.1 Å². The highest BCUT2D eigenvalue weighted by molar-refractivity contribution is 7.90. The molecule has 0 amide bonds. The molecule has 0 saturated heterocycles. The maximum absolute atomic E-state index is 12.5. The number of ether oxygens (including phenoxy) is 1. The van der Waals surface area contributed by atoms with Crippen LogP contribution < -0.4 is 4.74 Å². The van der Waals surface area contributed by atoms with Gasteiger partial charge < -0.3 is 9.84 Å². The number of aromatic carboxylic acids is 1. The Balaban J connectivity index is 1.62. The molecule has 5 aromatic rings. The lowest BCUT2D eigenvalue weighted by molar-refractivity contribution is 0.0698. The molecular formula is C29H25NO5S2. The number of aryl methyl sites for hydroxylation is 2. The number of aromatic nitrogens is 1. The molecule has 6 nitrogen and oxygen atoms in total. The first-order valence-corrected chi connectivity index (χ1v) is 14.4. The van der Waals surface area contributed by atoms with Gasteiger partial charge in [-0.15, -0.1) is 11.3 Å². The summed E-state index contributed by atoms with van der Waals surface area (Å²) in [4.78, 5) is 18.6. The molecule has 8 heteroatoms. The summed E-state index contributed by atoms with van der Waals surface area (Å²) in [6.45, 7) is 5.77. The summed E-state index contributed by atoms with van der Waals surface area (Å²) < 4.78 is 31.0. The Kier molecular flexibility index (Phi) is 6.25. The molecular weight excluding hydrogens is 506 g/mol. The Hall–Kier alpha value is -3.75. The number of benzene rings is 3. The van der Waals surface area contributed by atoms with Crippen molar-refractivity contribution in [3.8, 4) is 16.3 Å². The fraction of sp³-hybridized carbons (Fsp3) is 0.172. The van der Waals surface area contributed by atoms with Gasteiger partial charge in [0.25, 0.3) is 0 Å². The minimum atomic E-state index is -3.31. The van der Waals surface area contributed by atoms with Crippen LogP contribution in [-0.2, 0) is 9.84 Å². The van der Waals surface area contributed by atoms with E-state index >= 15 is 0 Å². The molecule has 0 bridgehead atoms. The molecule has 0 fully saturated rings. The smallest absolute Gasteiger partial charge is 0.336 e. The Morgan fingerprint density at radius 2 is 1.73 bits per heavy atom. The maximum Gasteiger partial charge on any atom is 0.336 e. The summed E-state index contributed by atoms with van der Waals surface area (Å²) in [6, 6.07) is 19.8. The van der Waals surface area contributed by atoms with E-state index in [4.69, 9.17) is 9.72 Å². The lowest BCUT2D eigenvalue weighted by Crippen LogP contribution is -2.07. The monoisotopic (exact) mass is 531 g/mol. The van der Waals surface area contributed by atoms with E-state index in [9.17, 15) is 18.3 Å². The van der Waals surface area contributed by atoms with E-state index < -0.39 is 21.9 Å². The second-order valence-corrected chi connectivity index (χ2v) is 12.2. The zero-order valence-electron chi connectivity index (χ0n) is 20.8. The lowest BCUT2D eigenvalue weighted by Gasteiger charge is -2.19. The van der Waals surface area contributed by atoms with Crippen LogP contribution in [0.4, 0.5) is 0 Å². The number of sulfone groups is 1. The molecule has 0 aliphatic rings. The average Bonchev–Trinajstić information content (AvgIpc) is 3.21. The average molecular weight is 532 g/mol. The lowest BCUT2D eigenvalue weighted by atomic mass is 10.0. The molecule has 0 aliphatic heterocycles. The van der Waals surface area contributed by atoms with Crippen molar-refractivity contribution in [2.24, 2.45) is 0 Å². The van der Waals surface area contributed by atoms with E-state index in [1.165, 1.54) is 0 Å². The van der Waals surface area contributed by atoms with Crippen molar-refractivity contribution in [1.82, 2.24) is 4.98 Å². The number of carboxylic acids is 1. The molecule has 2 aromatic heterocycles. The molecule has 0 spiro atoms. The van der Waals surface area contributed by atoms with Gasteiger partial charge >= 0.3 is 5.97 Å². The van der Waals surface area contributed by atoms with E-state index in [0.717, 1.165) is 37.9 Å². The summed E-state index contributed by atoms with van der Waals surface area (Å²) in [5.41, 5.74) is 3.99. The van der Waals surface area contributed by atoms with Gasteiger partial charge in [-0.25, -0.2) is 18.2 Å². The first-order chi connectivity index (χ1) is 17.5. The maximum atomic E-state index is 12.5. The van der Waals surface area contributed by atoms with E-state index in [1.807, 2.05) is 39.0 Å². The third-order valence-corrected chi connectivity index (χ3v) is 8.94. The molecule has 0 aliphatic carbocycles. The van der Waals surface area contributed by atoms with Crippen molar-refractivity contribution in [2.45, 2.75) is 31.8 Å². The van der Waals surface area contributed by atoms with Gasteiger partial charge in [0.15, 0.2) is 9.84 Å². The molecule has 5 rings (SSSR count). The van der Waals surface area contributed by atoms with Gasteiger partial charge in [-0.2, -0.15) is 0 Å². The van der Waals surface area contributed by atoms with Gasteiger partial charge in [0.05, 0.1) is 31.9 Å². The van der Waals surface area contributed by atoms with Crippen LogP contribution >= 0.6 is 11.3 Å². The number of carboxylic acid groups (broad SMARTS) is 1. The van der Waals surface area contributed by atoms with Crippen LogP contribution in [-0.4, -0.2) is 30.7 Å². The number of nitrogens with zero attached hydrogens (tertiary/aromatic N) is 1. The molecule has 37 heavy (non-hydrogen) atoms. The summed E-state index contributed by atoms with van der Waals surface area (Å²) >= 11 is 1.60. The van der Waals surface area contributed by atoms with Gasteiger partial charge in [-0.05, 0) is 73.2 Å². The standard InChI is InChI=1S/C29H25NO5S2/c1-16-9-14-24(35-18(3)19-10-12-20(13-11-19)37(4,33)34)26-22(29(31)32)15-23(30-27(16)26)28-17(2)21-7-5-6-8-25(21)36-28/h5-15,18H,1-4H3,(H,31,32)/t18-/m0/s1. The van der Waals surface area contributed by atoms with Gasteiger partial charge in [0.2, 0.25) is 0 Å². The minimum Gasteiger partial charge on any atom is -0.485 e. The largest absolute Gasteiger partial charge is 0.485 e. The van der Waals surface area contributed by atoms with E-state index in [-0.39, 0.29) is 10.5 Å². The Morgan fingerprint density at radius 3 is 2.38 bits per heavy atom. The highest BCUT2D eigenvalue weighted by Crippen LogP contribution is 2.41. The van der Waals surface area contributed by atoms with Crippen molar-refractivity contribution in [3.63, 3.8) is 0 Å². The number of pyridine rings is 1. The Labute approximate surface area is 219 Å². The van der Waals surface area contributed by atoms with Crippen molar-refractivity contribution < 1.29 is 23.1 Å². The Bertz CT molecular complexity index is 1790. The van der Waals surface area contributed by atoms with E-state index in [1.54, 1.807) is 47.7 Å². The molecule has 2 heterocycles. The van der Waals surface area contributed by atoms with Crippen molar-refractivity contribution in [1.29, 1.82) is 0 Å². The van der Waals surface area contributed by atoms with Crippen LogP contribution in [0.15, 0.2) is 71.6 Å². The third-order valence-electron chi connectivity index (χ3n) is 6.51. The number of hydrogen-bond acceptors (Lipinski definition) is 6. The quantitative estimate of drug-likeness (QED) is 0.254. The first-order valence-electron chi connectivity index (χ1n) is 11.7. The van der Waals surface area contributed by atoms with Crippen LogP contribution in [0.25, 0.3) is 31.6 Å². The highest BCUT2D eigenvalue weighted by atomic mass is 32.2.